The van der Waals surface area contributed by atoms with Crippen LogP contribution in [0.2, 0.25) is 0 Å². The molecule has 1 aliphatic heterocycles. The Morgan fingerprint density at radius 3 is 2.58 bits per heavy atom. The maximum Gasteiger partial charge on any atom is 0.233 e. The van der Waals surface area contributed by atoms with Gasteiger partial charge in [-0.3, -0.25) is 4.79 Å². The van der Waals surface area contributed by atoms with Gasteiger partial charge in [-0.25, -0.2) is 0 Å². The van der Waals surface area contributed by atoms with E-state index in [1.54, 1.807) is 19.2 Å². The minimum atomic E-state index is 0.131. The van der Waals surface area contributed by atoms with Gasteiger partial charge in [0.15, 0.2) is 4.34 Å². The van der Waals surface area contributed by atoms with Gasteiger partial charge >= 0.3 is 0 Å². The summed E-state index contributed by atoms with van der Waals surface area (Å²) < 4.78 is 0.801. The Morgan fingerprint density at radius 2 is 1.96 bits per heavy atom. The molecule has 1 aliphatic rings. The van der Waals surface area contributed by atoms with Crippen LogP contribution in [0.4, 0.5) is 10.8 Å². The largest absolute Gasteiger partial charge is 0.508 e. The van der Waals surface area contributed by atoms with Crippen LogP contribution in [-0.4, -0.2) is 65.1 Å². The predicted molar refractivity (Wildman–Crippen MR) is 97.1 cm³/mol. The van der Waals surface area contributed by atoms with E-state index in [-0.39, 0.29) is 11.7 Å². The molecule has 1 aromatic heterocycles. The molecule has 0 atom stereocenters. The SMILES string of the molecule is CNc1nnc(SCC(=O)N2CCN(c3ccc(O)cc3)CC2)s1. The maximum absolute atomic E-state index is 12.3. The number of thioether (sulfide) groups is 1. The number of nitrogens with one attached hydrogen (secondary N) is 1. The molecule has 1 saturated heterocycles. The number of carbonyl (C=O) groups excluding carboxylic acids is 1. The molecule has 7 nitrogen and oxygen atoms in total. The third-order valence-electron chi connectivity index (χ3n) is 3.79. The number of carbonyl (C=O) groups is 1. The first-order valence-electron chi connectivity index (χ1n) is 7.61. The molecule has 2 N–H and O–H groups in total. The van der Waals surface area contributed by atoms with E-state index >= 15 is 0 Å². The molecule has 3 rings (SSSR count). The van der Waals surface area contributed by atoms with Crippen LogP contribution < -0.4 is 10.2 Å². The van der Waals surface area contributed by atoms with Gasteiger partial charge in [0.05, 0.1) is 5.75 Å². The first-order chi connectivity index (χ1) is 11.7. The maximum atomic E-state index is 12.3. The summed E-state index contributed by atoms with van der Waals surface area (Å²) in [6, 6.07) is 7.17. The Hall–Kier alpha value is -2.00. The van der Waals surface area contributed by atoms with Crippen LogP contribution in [0.1, 0.15) is 0 Å². The fourth-order valence-electron chi connectivity index (χ4n) is 2.46. The number of anilines is 2. The number of phenols is 1. The molecule has 0 bridgehead atoms. The summed E-state index contributed by atoms with van der Waals surface area (Å²) in [5, 5.41) is 21.0. The van der Waals surface area contributed by atoms with Crippen molar-refractivity contribution < 1.29 is 9.90 Å². The second-order valence-electron chi connectivity index (χ2n) is 5.30. The van der Waals surface area contributed by atoms with E-state index in [4.69, 9.17) is 0 Å². The zero-order valence-electron chi connectivity index (χ0n) is 13.3. The third kappa shape index (κ3) is 4.09. The van der Waals surface area contributed by atoms with Gasteiger partial charge in [0, 0.05) is 38.9 Å². The second kappa shape index (κ2) is 7.71. The Labute approximate surface area is 148 Å². The van der Waals surface area contributed by atoms with E-state index in [0.717, 1.165) is 28.2 Å². The van der Waals surface area contributed by atoms with Gasteiger partial charge in [-0.15, -0.1) is 10.2 Å². The van der Waals surface area contributed by atoms with Crippen LogP contribution in [0, 0.1) is 0 Å². The number of nitrogens with zero attached hydrogens (tertiary/aromatic N) is 4. The number of aromatic nitrogens is 2. The number of hydrogen-bond acceptors (Lipinski definition) is 8. The summed E-state index contributed by atoms with van der Waals surface area (Å²) in [4.78, 5) is 16.4. The number of rotatable bonds is 5. The molecule has 0 spiro atoms. The number of hydrogen-bond donors (Lipinski definition) is 2. The summed E-state index contributed by atoms with van der Waals surface area (Å²) in [6.45, 7) is 3.00. The number of piperazine rings is 1. The lowest BCUT2D eigenvalue weighted by Gasteiger charge is -2.36. The highest BCUT2D eigenvalue weighted by molar-refractivity contribution is 8.01. The molecular weight excluding hydrogens is 346 g/mol. The lowest BCUT2D eigenvalue weighted by atomic mass is 10.2. The number of phenolic OH excluding ortho intramolecular Hbond substituents is 1. The van der Waals surface area contributed by atoms with Gasteiger partial charge in [0.1, 0.15) is 5.75 Å². The zero-order chi connectivity index (χ0) is 16.9. The van der Waals surface area contributed by atoms with Gasteiger partial charge in [0.25, 0.3) is 0 Å². The molecule has 1 fully saturated rings. The Balaban J connectivity index is 1.47. The fourth-order valence-corrected chi connectivity index (χ4v) is 4.07. The van der Waals surface area contributed by atoms with Crippen molar-refractivity contribution in [1.29, 1.82) is 0 Å². The summed E-state index contributed by atoms with van der Waals surface area (Å²) in [6.07, 6.45) is 0. The van der Waals surface area contributed by atoms with Crippen molar-refractivity contribution >= 4 is 39.8 Å². The molecular formula is C15H19N5O2S2. The minimum Gasteiger partial charge on any atom is -0.508 e. The molecule has 1 aromatic carbocycles. The van der Waals surface area contributed by atoms with Crippen LogP contribution in [0.5, 0.6) is 5.75 Å². The first kappa shape index (κ1) is 16.8. The predicted octanol–water partition coefficient (Wildman–Crippen LogP) is 1.73. The van der Waals surface area contributed by atoms with Gasteiger partial charge in [-0.1, -0.05) is 23.1 Å². The Bertz CT molecular complexity index is 683. The Kier molecular flexibility index (Phi) is 5.41. The van der Waals surface area contributed by atoms with Gasteiger partial charge in [-0.05, 0) is 24.3 Å². The number of aromatic hydroxyl groups is 1. The highest BCUT2D eigenvalue weighted by atomic mass is 32.2. The molecule has 0 aliphatic carbocycles. The van der Waals surface area contributed by atoms with Gasteiger partial charge in [0.2, 0.25) is 11.0 Å². The van der Waals surface area contributed by atoms with Crippen molar-refractivity contribution in [3.63, 3.8) is 0 Å². The van der Waals surface area contributed by atoms with Crippen LogP contribution in [0.15, 0.2) is 28.6 Å². The number of benzene rings is 1. The normalized spacial score (nSPS) is 14.7. The molecule has 24 heavy (non-hydrogen) atoms. The molecule has 9 heteroatoms. The fraction of sp³-hybridized carbons (Fsp3) is 0.400. The molecule has 0 saturated carbocycles. The van der Waals surface area contributed by atoms with Crippen molar-refractivity contribution in [3.05, 3.63) is 24.3 Å². The average Bonchev–Trinajstić information content (AvgIpc) is 3.09. The monoisotopic (exact) mass is 365 g/mol. The molecule has 2 aromatic rings. The van der Waals surface area contributed by atoms with E-state index in [1.807, 2.05) is 17.0 Å². The molecule has 1 amide bonds. The van der Waals surface area contributed by atoms with Crippen molar-refractivity contribution in [1.82, 2.24) is 15.1 Å². The first-order valence-corrected chi connectivity index (χ1v) is 9.42. The third-order valence-corrected chi connectivity index (χ3v) is 5.85. The van der Waals surface area contributed by atoms with E-state index in [0.29, 0.717) is 18.8 Å². The van der Waals surface area contributed by atoms with Crippen molar-refractivity contribution in [2.75, 3.05) is 49.2 Å². The summed E-state index contributed by atoms with van der Waals surface area (Å²) >= 11 is 2.88. The lowest BCUT2D eigenvalue weighted by molar-refractivity contribution is -0.128. The van der Waals surface area contributed by atoms with E-state index < -0.39 is 0 Å². The highest BCUT2D eigenvalue weighted by Crippen LogP contribution is 2.25. The van der Waals surface area contributed by atoms with Crippen LogP contribution >= 0.6 is 23.1 Å². The quantitative estimate of drug-likeness (QED) is 0.781. The summed E-state index contributed by atoms with van der Waals surface area (Å²) in [5.74, 6) is 0.784. The van der Waals surface area contributed by atoms with Gasteiger partial charge in [-0.2, -0.15) is 0 Å². The van der Waals surface area contributed by atoms with Crippen molar-refractivity contribution in [2.24, 2.45) is 0 Å². The van der Waals surface area contributed by atoms with Crippen LogP contribution in [-0.2, 0) is 4.79 Å². The highest BCUT2D eigenvalue weighted by Gasteiger charge is 2.21. The summed E-state index contributed by atoms with van der Waals surface area (Å²) in [7, 11) is 1.80. The lowest BCUT2D eigenvalue weighted by Crippen LogP contribution is -2.49. The molecule has 0 unspecified atom stereocenters. The minimum absolute atomic E-state index is 0.131. The molecule has 2 heterocycles. The van der Waals surface area contributed by atoms with Crippen LogP contribution in [0.25, 0.3) is 0 Å². The van der Waals surface area contributed by atoms with E-state index in [9.17, 15) is 9.90 Å². The molecule has 128 valence electrons. The van der Waals surface area contributed by atoms with Gasteiger partial charge < -0.3 is 20.2 Å². The van der Waals surface area contributed by atoms with Crippen molar-refractivity contribution in [2.45, 2.75) is 4.34 Å². The standard InChI is InChI=1S/C15H19N5O2S2/c1-16-14-17-18-15(24-14)23-10-13(22)20-8-6-19(7-9-20)11-2-4-12(21)5-3-11/h2-5,21H,6-10H2,1H3,(H,16,17). The van der Waals surface area contributed by atoms with Crippen LogP contribution in [0.3, 0.4) is 0 Å². The van der Waals surface area contributed by atoms with Crippen molar-refractivity contribution in [3.8, 4) is 5.75 Å². The van der Waals surface area contributed by atoms with E-state index in [1.165, 1.54) is 23.1 Å². The van der Waals surface area contributed by atoms with E-state index in [2.05, 4.69) is 20.4 Å². The summed E-state index contributed by atoms with van der Waals surface area (Å²) in [5.41, 5.74) is 1.07. The Morgan fingerprint density at radius 1 is 1.25 bits per heavy atom. The zero-order valence-corrected chi connectivity index (χ0v) is 14.9. The topological polar surface area (TPSA) is 81.6 Å². The average molecular weight is 365 g/mol. The number of amides is 1. The second-order valence-corrected chi connectivity index (χ2v) is 7.50. The smallest absolute Gasteiger partial charge is 0.233 e. The molecule has 0 radical (unpaired) electrons.